The summed E-state index contributed by atoms with van der Waals surface area (Å²) in [5, 5.41) is 3.24. The van der Waals surface area contributed by atoms with E-state index in [9.17, 15) is 14.4 Å². The van der Waals surface area contributed by atoms with Gasteiger partial charge >= 0.3 is 6.03 Å². The molecular weight excluding hydrogens is 567 g/mol. The minimum atomic E-state index is -0.834. The number of carbonyl (C=O) groups excluding carboxylic acids is 3. The number of halogens is 3. The molecule has 4 amide bonds. The number of nitrogens with one attached hydrogen (secondary N) is 1. The zero-order valence-electron chi connectivity index (χ0n) is 19.4. The van der Waals surface area contributed by atoms with E-state index < -0.39 is 17.8 Å². The summed E-state index contributed by atoms with van der Waals surface area (Å²) in [6.45, 7) is 4.03. The third-order valence-electron chi connectivity index (χ3n) is 5.63. The van der Waals surface area contributed by atoms with E-state index in [-0.39, 0.29) is 5.57 Å². The van der Waals surface area contributed by atoms with Crippen molar-refractivity contribution in [1.82, 2.24) is 5.32 Å². The number of benzene rings is 3. The van der Waals surface area contributed by atoms with Crippen molar-refractivity contribution in [3.05, 3.63) is 96.9 Å². The van der Waals surface area contributed by atoms with Crippen molar-refractivity contribution >= 4 is 68.7 Å². The number of nitrogens with zero attached hydrogens (tertiary/aromatic N) is 1. The fraction of sp³-hybridized carbons (Fsp3) is 0.148. The average molecular weight is 588 g/mol. The fourth-order valence-electron chi connectivity index (χ4n) is 3.87. The summed E-state index contributed by atoms with van der Waals surface area (Å²) < 4.78 is 6.61. The number of hydrogen-bond acceptors (Lipinski definition) is 4. The fourth-order valence-corrected chi connectivity index (χ4v) is 4.84. The zero-order valence-corrected chi connectivity index (χ0v) is 22.5. The lowest BCUT2D eigenvalue weighted by Crippen LogP contribution is -2.54. The molecule has 0 saturated carbocycles. The lowest BCUT2D eigenvalue weighted by Gasteiger charge is -2.27. The molecule has 36 heavy (non-hydrogen) atoms. The van der Waals surface area contributed by atoms with E-state index in [2.05, 4.69) is 21.2 Å². The second-order valence-corrected chi connectivity index (χ2v) is 9.77. The van der Waals surface area contributed by atoms with E-state index in [1.54, 1.807) is 31.2 Å². The van der Waals surface area contributed by atoms with E-state index in [0.717, 1.165) is 20.5 Å². The topological polar surface area (TPSA) is 75.7 Å². The van der Waals surface area contributed by atoms with Gasteiger partial charge in [0.05, 0.1) is 12.3 Å². The van der Waals surface area contributed by atoms with Crippen molar-refractivity contribution in [2.24, 2.45) is 0 Å². The number of hydrogen-bond donors (Lipinski definition) is 1. The van der Waals surface area contributed by atoms with Gasteiger partial charge in [-0.05, 0) is 66.9 Å². The lowest BCUT2D eigenvalue weighted by molar-refractivity contribution is -0.122. The number of anilines is 1. The Morgan fingerprint density at radius 1 is 1.06 bits per heavy atom. The van der Waals surface area contributed by atoms with Crippen molar-refractivity contribution < 1.29 is 19.1 Å². The number of amides is 4. The summed E-state index contributed by atoms with van der Waals surface area (Å²) in [6, 6.07) is 15.1. The smallest absolute Gasteiger partial charge is 0.335 e. The molecule has 0 unspecified atom stereocenters. The van der Waals surface area contributed by atoms with Crippen LogP contribution in [0.25, 0.3) is 6.08 Å². The molecule has 0 atom stereocenters. The van der Waals surface area contributed by atoms with Gasteiger partial charge in [-0.2, -0.15) is 0 Å². The van der Waals surface area contributed by atoms with Crippen LogP contribution >= 0.6 is 39.1 Å². The van der Waals surface area contributed by atoms with Crippen LogP contribution in [0.4, 0.5) is 10.5 Å². The molecule has 1 N–H and O–H groups in total. The second kappa shape index (κ2) is 10.9. The first-order valence-corrected chi connectivity index (χ1v) is 12.6. The number of urea groups is 1. The Morgan fingerprint density at radius 3 is 2.53 bits per heavy atom. The average Bonchev–Trinajstić information content (AvgIpc) is 2.82. The highest BCUT2D eigenvalue weighted by atomic mass is 79.9. The maximum atomic E-state index is 13.3. The second-order valence-electron chi connectivity index (χ2n) is 8.07. The van der Waals surface area contributed by atoms with Crippen LogP contribution in [0.5, 0.6) is 5.75 Å². The Balaban J connectivity index is 1.75. The molecule has 0 radical (unpaired) electrons. The standard InChI is InChI=1S/C27H21BrCl2N2O4/c1-3-36-24-12-16(11-21(28)19(24)13-17-6-4-5-7-22(17)30)10-20-25(33)31-27(35)32(26(20)34)23-14-18(29)9-8-15(23)2/h4-12,14H,3,13H2,1-2H3,(H,31,33,35)/b20-10+. The molecule has 1 saturated heterocycles. The Morgan fingerprint density at radius 2 is 1.81 bits per heavy atom. The van der Waals surface area contributed by atoms with Crippen molar-refractivity contribution in [3.63, 3.8) is 0 Å². The molecule has 0 aromatic heterocycles. The van der Waals surface area contributed by atoms with Gasteiger partial charge in [0, 0.05) is 26.5 Å². The van der Waals surface area contributed by atoms with Gasteiger partial charge in [0.2, 0.25) is 0 Å². The third-order valence-corrected chi connectivity index (χ3v) is 6.94. The molecule has 1 heterocycles. The summed E-state index contributed by atoms with van der Waals surface area (Å²) in [5.74, 6) is -0.945. The Hall–Kier alpha value is -3.13. The number of aryl methyl sites for hydroxylation is 1. The van der Waals surface area contributed by atoms with Gasteiger partial charge in [0.1, 0.15) is 11.3 Å². The number of ether oxygens (including phenoxy) is 1. The van der Waals surface area contributed by atoms with Crippen LogP contribution in [0.1, 0.15) is 29.2 Å². The van der Waals surface area contributed by atoms with Crippen LogP contribution in [0.15, 0.2) is 64.6 Å². The van der Waals surface area contributed by atoms with E-state index in [0.29, 0.717) is 45.6 Å². The van der Waals surface area contributed by atoms with Crippen LogP contribution in [-0.4, -0.2) is 24.5 Å². The first-order valence-electron chi connectivity index (χ1n) is 11.1. The molecule has 1 aliphatic rings. The summed E-state index contributed by atoms with van der Waals surface area (Å²) in [6.07, 6.45) is 1.95. The molecule has 9 heteroatoms. The highest BCUT2D eigenvalue weighted by Gasteiger charge is 2.37. The number of carbonyl (C=O) groups is 3. The Kier molecular flexibility index (Phi) is 7.83. The van der Waals surface area contributed by atoms with E-state index in [1.165, 1.54) is 12.1 Å². The van der Waals surface area contributed by atoms with Crippen molar-refractivity contribution in [1.29, 1.82) is 0 Å². The molecule has 0 spiro atoms. The predicted molar refractivity (Wildman–Crippen MR) is 145 cm³/mol. The number of rotatable bonds is 6. The number of barbiturate groups is 1. The monoisotopic (exact) mass is 586 g/mol. The van der Waals surface area contributed by atoms with Crippen molar-refractivity contribution in [3.8, 4) is 5.75 Å². The minimum Gasteiger partial charge on any atom is -0.494 e. The van der Waals surface area contributed by atoms with Gasteiger partial charge in [0.25, 0.3) is 11.8 Å². The van der Waals surface area contributed by atoms with E-state index in [4.69, 9.17) is 27.9 Å². The zero-order chi connectivity index (χ0) is 26.0. The predicted octanol–water partition coefficient (Wildman–Crippen LogP) is 6.72. The largest absolute Gasteiger partial charge is 0.494 e. The maximum absolute atomic E-state index is 13.3. The van der Waals surface area contributed by atoms with Crippen LogP contribution < -0.4 is 15.0 Å². The molecule has 4 rings (SSSR count). The van der Waals surface area contributed by atoms with Crippen LogP contribution in [0, 0.1) is 6.92 Å². The molecule has 184 valence electrons. The summed E-state index contributed by atoms with van der Waals surface area (Å²) >= 11 is 16.1. The Bertz CT molecular complexity index is 1420. The molecule has 3 aromatic rings. The van der Waals surface area contributed by atoms with Gasteiger partial charge < -0.3 is 4.74 Å². The van der Waals surface area contributed by atoms with Gasteiger partial charge in [-0.25, -0.2) is 9.69 Å². The normalized spacial score (nSPS) is 14.9. The first kappa shape index (κ1) is 25.9. The summed E-state index contributed by atoms with van der Waals surface area (Å²) in [4.78, 5) is 39.5. The lowest BCUT2D eigenvalue weighted by atomic mass is 10.00. The first-order chi connectivity index (χ1) is 17.2. The quantitative estimate of drug-likeness (QED) is 0.256. The van der Waals surface area contributed by atoms with Crippen LogP contribution in [-0.2, 0) is 16.0 Å². The highest BCUT2D eigenvalue weighted by Crippen LogP contribution is 2.34. The molecular formula is C27H21BrCl2N2O4. The Labute approximate surface area is 227 Å². The molecule has 1 fully saturated rings. The third kappa shape index (κ3) is 5.33. The molecule has 0 aliphatic carbocycles. The van der Waals surface area contributed by atoms with Crippen LogP contribution in [0.2, 0.25) is 10.0 Å². The van der Waals surface area contributed by atoms with Gasteiger partial charge in [-0.15, -0.1) is 0 Å². The maximum Gasteiger partial charge on any atom is 0.335 e. The highest BCUT2D eigenvalue weighted by molar-refractivity contribution is 9.10. The van der Waals surface area contributed by atoms with Crippen molar-refractivity contribution in [2.45, 2.75) is 20.3 Å². The van der Waals surface area contributed by atoms with Gasteiger partial charge in [0.15, 0.2) is 0 Å². The van der Waals surface area contributed by atoms with Gasteiger partial charge in [-0.1, -0.05) is 63.4 Å². The summed E-state index contributed by atoms with van der Waals surface area (Å²) in [5.41, 5.74) is 3.11. The van der Waals surface area contributed by atoms with E-state index >= 15 is 0 Å². The molecule has 0 bridgehead atoms. The van der Waals surface area contributed by atoms with E-state index in [1.807, 2.05) is 31.2 Å². The SMILES string of the molecule is CCOc1cc(/C=C2\C(=O)NC(=O)N(c3cc(Cl)ccc3C)C2=O)cc(Br)c1Cc1ccccc1Cl. The van der Waals surface area contributed by atoms with Gasteiger partial charge in [-0.3, -0.25) is 14.9 Å². The number of imide groups is 2. The van der Waals surface area contributed by atoms with Crippen molar-refractivity contribution in [2.75, 3.05) is 11.5 Å². The minimum absolute atomic E-state index is 0.192. The molecule has 6 nitrogen and oxygen atoms in total. The summed E-state index contributed by atoms with van der Waals surface area (Å²) in [7, 11) is 0. The van der Waals surface area contributed by atoms with Crippen LogP contribution in [0.3, 0.4) is 0 Å². The molecule has 1 aliphatic heterocycles. The molecule has 3 aromatic carbocycles.